The van der Waals surface area contributed by atoms with Crippen LogP contribution in [0.25, 0.3) is 6.08 Å². The third-order valence-corrected chi connectivity index (χ3v) is 4.29. The van der Waals surface area contributed by atoms with Gasteiger partial charge in [0.1, 0.15) is 23.0 Å². The second-order valence-corrected chi connectivity index (χ2v) is 6.18. The number of amidine groups is 1. The maximum Gasteiger partial charge on any atom is 0.275 e. The van der Waals surface area contributed by atoms with Crippen LogP contribution in [-0.2, 0) is 11.2 Å². The quantitative estimate of drug-likeness (QED) is 0.785. The molecule has 2 aromatic carbocycles. The Morgan fingerprint density at radius 1 is 1.08 bits per heavy atom. The van der Waals surface area contributed by atoms with E-state index in [2.05, 4.69) is 10.3 Å². The normalized spacial score (nSPS) is 15.0. The van der Waals surface area contributed by atoms with Crippen molar-refractivity contribution in [2.75, 3.05) is 14.2 Å². The first-order valence-electron chi connectivity index (χ1n) is 8.16. The summed E-state index contributed by atoms with van der Waals surface area (Å²) in [6.07, 6.45) is 3.00. The first-order valence-corrected chi connectivity index (χ1v) is 8.54. The second kappa shape index (κ2) is 8.06. The zero-order valence-corrected chi connectivity index (χ0v) is 15.3. The van der Waals surface area contributed by atoms with Crippen molar-refractivity contribution in [1.29, 1.82) is 0 Å². The average Bonchev–Trinajstić information content (AvgIpc) is 3.00. The summed E-state index contributed by atoms with van der Waals surface area (Å²) >= 11 is 6.04. The van der Waals surface area contributed by atoms with Crippen molar-refractivity contribution < 1.29 is 14.3 Å². The highest BCUT2D eigenvalue weighted by atomic mass is 35.5. The minimum Gasteiger partial charge on any atom is -0.496 e. The third-order valence-electron chi connectivity index (χ3n) is 4.05. The Bertz CT molecular complexity index is 890. The molecule has 0 saturated carbocycles. The molecule has 3 rings (SSSR count). The highest BCUT2D eigenvalue weighted by Gasteiger charge is 2.20. The molecule has 6 heteroatoms. The average molecular weight is 371 g/mol. The van der Waals surface area contributed by atoms with Gasteiger partial charge < -0.3 is 14.8 Å². The fourth-order valence-corrected chi connectivity index (χ4v) is 2.94. The van der Waals surface area contributed by atoms with E-state index in [0.29, 0.717) is 34.3 Å². The minimum absolute atomic E-state index is 0.234. The Morgan fingerprint density at radius 2 is 1.85 bits per heavy atom. The summed E-state index contributed by atoms with van der Waals surface area (Å²) in [5.74, 6) is 1.86. The molecule has 0 bridgehead atoms. The molecule has 0 radical (unpaired) electrons. The number of aryl methyl sites for hydroxylation is 1. The highest BCUT2D eigenvalue weighted by molar-refractivity contribution is 6.30. The van der Waals surface area contributed by atoms with E-state index in [1.54, 1.807) is 38.5 Å². The summed E-state index contributed by atoms with van der Waals surface area (Å²) in [5.41, 5.74) is 2.11. The van der Waals surface area contributed by atoms with Crippen molar-refractivity contribution in [2.24, 2.45) is 4.99 Å². The van der Waals surface area contributed by atoms with E-state index in [1.807, 2.05) is 24.3 Å². The number of rotatable bonds is 6. The van der Waals surface area contributed by atoms with Gasteiger partial charge >= 0.3 is 0 Å². The predicted octanol–water partition coefficient (Wildman–Crippen LogP) is 3.86. The molecule has 0 spiro atoms. The Balaban J connectivity index is 1.78. The second-order valence-electron chi connectivity index (χ2n) is 5.74. The van der Waals surface area contributed by atoms with Crippen molar-refractivity contribution in [3.63, 3.8) is 0 Å². The first kappa shape index (κ1) is 18.0. The van der Waals surface area contributed by atoms with Crippen LogP contribution in [0.1, 0.15) is 17.5 Å². The zero-order chi connectivity index (χ0) is 18.5. The molecule has 2 aromatic rings. The molecule has 0 aliphatic carbocycles. The summed E-state index contributed by atoms with van der Waals surface area (Å²) in [6.45, 7) is 0. The SMILES string of the molecule is COc1ccc(Cl)cc1/C=C1/N=C(CCc2ccccc2OC)NC1=O. The minimum atomic E-state index is -0.234. The van der Waals surface area contributed by atoms with Crippen LogP contribution >= 0.6 is 11.6 Å². The number of nitrogens with one attached hydrogen (secondary N) is 1. The highest BCUT2D eigenvalue weighted by Crippen LogP contribution is 2.26. The molecule has 0 aromatic heterocycles. The van der Waals surface area contributed by atoms with E-state index >= 15 is 0 Å². The summed E-state index contributed by atoms with van der Waals surface area (Å²) < 4.78 is 10.7. The molecule has 0 unspecified atom stereocenters. The van der Waals surface area contributed by atoms with Crippen LogP contribution < -0.4 is 14.8 Å². The lowest BCUT2D eigenvalue weighted by Crippen LogP contribution is -2.24. The van der Waals surface area contributed by atoms with Gasteiger partial charge in [0.2, 0.25) is 0 Å². The van der Waals surface area contributed by atoms with Gasteiger partial charge in [0.15, 0.2) is 0 Å². The summed E-state index contributed by atoms with van der Waals surface area (Å²) in [4.78, 5) is 16.6. The topological polar surface area (TPSA) is 59.9 Å². The van der Waals surface area contributed by atoms with Gasteiger partial charge in [-0.2, -0.15) is 0 Å². The Morgan fingerprint density at radius 3 is 2.62 bits per heavy atom. The monoisotopic (exact) mass is 370 g/mol. The zero-order valence-electron chi connectivity index (χ0n) is 14.6. The van der Waals surface area contributed by atoms with Crippen molar-refractivity contribution in [3.8, 4) is 11.5 Å². The molecule has 1 aliphatic rings. The number of nitrogens with zero attached hydrogens (tertiary/aromatic N) is 1. The number of halogens is 1. The van der Waals surface area contributed by atoms with Gasteiger partial charge in [-0.3, -0.25) is 4.79 Å². The van der Waals surface area contributed by atoms with E-state index in [1.165, 1.54) is 0 Å². The lowest BCUT2D eigenvalue weighted by atomic mass is 10.1. The van der Waals surface area contributed by atoms with Gasteiger partial charge in [-0.1, -0.05) is 29.8 Å². The van der Waals surface area contributed by atoms with E-state index in [9.17, 15) is 4.79 Å². The maximum absolute atomic E-state index is 12.2. The van der Waals surface area contributed by atoms with Gasteiger partial charge in [-0.25, -0.2) is 4.99 Å². The molecular formula is C20H19ClN2O3. The molecular weight excluding hydrogens is 352 g/mol. The first-order chi connectivity index (χ1) is 12.6. The number of ether oxygens (including phenoxy) is 2. The molecule has 134 valence electrons. The van der Waals surface area contributed by atoms with E-state index in [4.69, 9.17) is 21.1 Å². The fraction of sp³-hybridized carbons (Fsp3) is 0.200. The molecule has 1 amide bonds. The van der Waals surface area contributed by atoms with Crippen molar-refractivity contribution in [1.82, 2.24) is 5.32 Å². The molecule has 1 aliphatic heterocycles. The van der Waals surface area contributed by atoms with Crippen molar-refractivity contribution in [3.05, 3.63) is 64.3 Å². The standard InChI is InChI=1S/C20H19ClN2O3/c1-25-17-6-4-3-5-13(17)7-10-19-22-16(20(24)23-19)12-14-11-15(21)8-9-18(14)26-2/h3-6,8-9,11-12H,7,10H2,1-2H3,(H,22,23,24)/b16-12+. The predicted molar refractivity (Wildman–Crippen MR) is 103 cm³/mol. The molecule has 1 N–H and O–H groups in total. The van der Waals surface area contributed by atoms with E-state index < -0.39 is 0 Å². The van der Waals surface area contributed by atoms with Crippen molar-refractivity contribution in [2.45, 2.75) is 12.8 Å². The lowest BCUT2D eigenvalue weighted by Gasteiger charge is -2.07. The van der Waals surface area contributed by atoms with Crippen molar-refractivity contribution >= 4 is 29.4 Å². The number of carbonyl (C=O) groups excluding carboxylic acids is 1. The van der Waals surface area contributed by atoms with Gasteiger partial charge in [0.05, 0.1) is 14.2 Å². The summed E-state index contributed by atoms with van der Waals surface area (Å²) in [6, 6.07) is 13.0. The van der Waals surface area contributed by atoms with Crippen LogP contribution in [0.5, 0.6) is 11.5 Å². The van der Waals surface area contributed by atoms with Gasteiger partial charge in [-0.05, 0) is 42.3 Å². The Kier molecular flexibility index (Phi) is 5.58. The summed E-state index contributed by atoms with van der Waals surface area (Å²) in [5, 5.41) is 3.38. The molecule has 1 heterocycles. The van der Waals surface area contributed by atoms with Gasteiger partial charge in [-0.15, -0.1) is 0 Å². The molecule has 0 saturated heterocycles. The van der Waals surface area contributed by atoms with Crippen LogP contribution in [0, 0.1) is 0 Å². The van der Waals surface area contributed by atoms with Crippen LogP contribution in [0.2, 0.25) is 5.02 Å². The maximum atomic E-state index is 12.2. The lowest BCUT2D eigenvalue weighted by molar-refractivity contribution is -0.115. The number of amides is 1. The largest absolute Gasteiger partial charge is 0.496 e. The third kappa shape index (κ3) is 4.06. The number of methoxy groups -OCH3 is 2. The number of benzene rings is 2. The van der Waals surface area contributed by atoms with E-state index in [0.717, 1.165) is 17.7 Å². The number of para-hydroxylation sites is 1. The number of hydrogen-bond donors (Lipinski definition) is 1. The van der Waals surface area contributed by atoms with E-state index in [-0.39, 0.29) is 5.91 Å². The van der Waals surface area contributed by atoms with Gasteiger partial charge in [0.25, 0.3) is 5.91 Å². The summed E-state index contributed by atoms with van der Waals surface area (Å²) in [7, 11) is 3.22. The Labute approximate surface area is 157 Å². The fourth-order valence-electron chi connectivity index (χ4n) is 2.76. The Hall–Kier alpha value is -2.79. The smallest absolute Gasteiger partial charge is 0.275 e. The molecule has 0 atom stereocenters. The van der Waals surface area contributed by atoms with Crippen LogP contribution in [0.4, 0.5) is 0 Å². The van der Waals surface area contributed by atoms with Crippen LogP contribution in [0.15, 0.2) is 53.2 Å². The number of aliphatic imine (C=N–C) groups is 1. The van der Waals surface area contributed by atoms with Crippen LogP contribution in [0.3, 0.4) is 0 Å². The number of hydrogen-bond acceptors (Lipinski definition) is 4. The number of carbonyl (C=O) groups is 1. The molecule has 26 heavy (non-hydrogen) atoms. The molecule has 0 fully saturated rings. The van der Waals surface area contributed by atoms with Crippen LogP contribution in [-0.4, -0.2) is 26.0 Å². The van der Waals surface area contributed by atoms with Gasteiger partial charge in [0, 0.05) is 17.0 Å². The molecule has 5 nitrogen and oxygen atoms in total.